The minimum absolute atomic E-state index is 0.0590. The first kappa shape index (κ1) is 15.0. The summed E-state index contributed by atoms with van der Waals surface area (Å²) in [5, 5.41) is 10.9. The zero-order valence-corrected chi connectivity index (χ0v) is 13.5. The molecule has 1 aromatic carbocycles. The van der Waals surface area contributed by atoms with E-state index >= 15 is 0 Å². The summed E-state index contributed by atoms with van der Waals surface area (Å²) in [5.41, 5.74) is 0.854. The van der Waals surface area contributed by atoms with Gasteiger partial charge in [-0.1, -0.05) is 30.0 Å². The molecular weight excluding hydrogens is 316 g/mol. The number of thioether (sulfide) groups is 1. The number of rotatable bonds is 4. The largest absolute Gasteiger partial charge is 0.493 e. The standard InChI is InChI=1S/C16H14N2O2S2/c1-2-20-11-6-4-3-5-10(11)9-12-14(19)13(15(17)22-12)16-18-7-8-21-16/h3-9,13,17H,2H2,1H3. The number of nitrogens with one attached hydrogen (secondary N) is 1. The van der Waals surface area contributed by atoms with Gasteiger partial charge < -0.3 is 4.74 Å². The number of carbonyl (C=O) groups is 1. The van der Waals surface area contributed by atoms with Crippen molar-refractivity contribution in [2.75, 3.05) is 6.61 Å². The van der Waals surface area contributed by atoms with E-state index in [-0.39, 0.29) is 5.78 Å². The van der Waals surface area contributed by atoms with Crippen molar-refractivity contribution < 1.29 is 9.53 Å². The Labute approximate surface area is 136 Å². The molecule has 1 saturated heterocycles. The molecule has 1 aliphatic rings. The first-order chi connectivity index (χ1) is 10.7. The van der Waals surface area contributed by atoms with Crippen LogP contribution in [-0.4, -0.2) is 22.4 Å². The van der Waals surface area contributed by atoms with Crippen LogP contribution in [0.25, 0.3) is 6.08 Å². The summed E-state index contributed by atoms with van der Waals surface area (Å²) in [5.74, 6) is 0.141. The first-order valence-corrected chi connectivity index (χ1v) is 8.53. The predicted molar refractivity (Wildman–Crippen MR) is 90.8 cm³/mol. The van der Waals surface area contributed by atoms with Gasteiger partial charge in [0.2, 0.25) is 0 Å². The van der Waals surface area contributed by atoms with Gasteiger partial charge in [-0.05, 0) is 19.1 Å². The maximum absolute atomic E-state index is 12.6. The van der Waals surface area contributed by atoms with Crippen molar-refractivity contribution in [1.82, 2.24) is 4.98 Å². The summed E-state index contributed by atoms with van der Waals surface area (Å²) < 4.78 is 5.58. The van der Waals surface area contributed by atoms with Crippen molar-refractivity contribution in [2.24, 2.45) is 0 Å². The molecule has 0 saturated carbocycles. The highest BCUT2D eigenvalue weighted by Crippen LogP contribution is 2.41. The summed E-state index contributed by atoms with van der Waals surface area (Å²) in [6.07, 6.45) is 3.47. The monoisotopic (exact) mass is 330 g/mol. The van der Waals surface area contributed by atoms with Crippen LogP contribution in [0, 0.1) is 5.41 Å². The lowest BCUT2D eigenvalue weighted by Gasteiger charge is -2.07. The fourth-order valence-electron chi connectivity index (χ4n) is 2.22. The maximum atomic E-state index is 12.6. The summed E-state index contributed by atoms with van der Waals surface area (Å²) in [6.45, 7) is 2.49. The van der Waals surface area contributed by atoms with Crippen LogP contribution < -0.4 is 4.74 Å². The van der Waals surface area contributed by atoms with Crippen LogP contribution in [0.4, 0.5) is 0 Å². The fraction of sp³-hybridized carbons (Fsp3) is 0.188. The van der Waals surface area contributed by atoms with Crippen LogP contribution in [0.15, 0.2) is 40.7 Å². The Morgan fingerprint density at radius 3 is 2.95 bits per heavy atom. The number of nitrogens with zero attached hydrogens (tertiary/aromatic N) is 1. The molecule has 4 nitrogen and oxygen atoms in total. The van der Waals surface area contributed by atoms with E-state index in [0.29, 0.717) is 21.6 Å². The molecule has 0 radical (unpaired) electrons. The van der Waals surface area contributed by atoms with E-state index in [1.807, 2.05) is 36.6 Å². The molecule has 1 aromatic heterocycles. The first-order valence-electron chi connectivity index (χ1n) is 6.84. The van der Waals surface area contributed by atoms with Crippen LogP contribution in [-0.2, 0) is 4.79 Å². The van der Waals surface area contributed by atoms with Crippen molar-refractivity contribution in [3.63, 3.8) is 0 Å². The number of Topliss-reactive ketones (excluding diaryl/α,β-unsaturated/α-hetero) is 1. The molecule has 1 aliphatic heterocycles. The average molecular weight is 330 g/mol. The fourth-order valence-corrected chi connectivity index (χ4v) is 4.02. The highest BCUT2D eigenvalue weighted by molar-refractivity contribution is 8.19. The molecule has 22 heavy (non-hydrogen) atoms. The summed E-state index contributed by atoms with van der Waals surface area (Å²) >= 11 is 2.62. The Bertz CT molecular complexity index is 738. The molecule has 0 bridgehead atoms. The average Bonchev–Trinajstić information content (AvgIpc) is 3.10. The van der Waals surface area contributed by atoms with Gasteiger partial charge >= 0.3 is 0 Å². The Morgan fingerprint density at radius 1 is 1.41 bits per heavy atom. The number of allylic oxidation sites excluding steroid dienone is 1. The second kappa shape index (κ2) is 6.46. The zero-order chi connectivity index (χ0) is 15.5. The molecule has 2 heterocycles. The number of para-hydroxylation sites is 1. The number of aromatic nitrogens is 1. The van der Waals surface area contributed by atoms with Gasteiger partial charge in [0.05, 0.1) is 16.6 Å². The third-order valence-corrected chi connectivity index (χ3v) is 5.03. The molecule has 1 fully saturated rings. The Kier molecular flexibility index (Phi) is 4.40. The zero-order valence-electron chi connectivity index (χ0n) is 11.9. The smallest absolute Gasteiger partial charge is 0.186 e. The number of benzene rings is 1. The van der Waals surface area contributed by atoms with Crippen LogP contribution >= 0.6 is 23.1 Å². The summed E-state index contributed by atoms with van der Waals surface area (Å²) in [6, 6.07) is 7.59. The van der Waals surface area contributed by atoms with Crippen molar-refractivity contribution >= 4 is 40.0 Å². The van der Waals surface area contributed by atoms with Crippen LogP contribution in [0.1, 0.15) is 23.4 Å². The number of thiazole rings is 1. The topological polar surface area (TPSA) is 63.0 Å². The number of carbonyl (C=O) groups excluding carboxylic acids is 1. The quantitative estimate of drug-likeness (QED) is 0.862. The van der Waals surface area contributed by atoms with E-state index in [4.69, 9.17) is 10.1 Å². The molecule has 6 heteroatoms. The van der Waals surface area contributed by atoms with Gasteiger partial charge in [-0.3, -0.25) is 10.2 Å². The summed E-state index contributed by atoms with van der Waals surface area (Å²) in [4.78, 5) is 17.3. The number of ether oxygens (including phenoxy) is 1. The molecular formula is C16H14N2O2S2. The molecule has 0 amide bonds. The number of hydrogen-bond acceptors (Lipinski definition) is 6. The van der Waals surface area contributed by atoms with E-state index < -0.39 is 5.92 Å². The predicted octanol–water partition coefficient (Wildman–Crippen LogP) is 3.96. The van der Waals surface area contributed by atoms with E-state index in [1.165, 1.54) is 23.1 Å². The van der Waals surface area contributed by atoms with Gasteiger partial charge in [-0.2, -0.15) is 0 Å². The molecule has 1 N–H and O–H groups in total. The van der Waals surface area contributed by atoms with E-state index in [0.717, 1.165) is 11.3 Å². The van der Waals surface area contributed by atoms with Crippen molar-refractivity contribution in [3.8, 4) is 5.75 Å². The Hall–Kier alpha value is -1.92. The Morgan fingerprint density at radius 2 is 2.23 bits per heavy atom. The SMILES string of the molecule is CCOc1ccccc1C=C1SC(=N)C(c2nccs2)C1=O. The van der Waals surface area contributed by atoms with Gasteiger partial charge in [0, 0.05) is 17.1 Å². The lowest BCUT2D eigenvalue weighted by Crippen LogP contribution is -2.11. The van der Waals surface area contributed by atoms with E-state index in [2.05, 4.69) is 4.98 Å². The number of hydrogen-bond donors (Lipinski definition) is 1. The van der Waals surface area contributed by atoms with Crippen LogP contribution in [0.2, 0.25) is 0 Å². The van der Waals surface area contributed by atoms with Gasteiger partial charge in [-0.25, -0.2) is 4.98 Å². The molecule has 112 valence electrons. The molecule has 2 aromatic rings. The molecule has 0 spiro atoms. The van der Waals surface area contributed by atoms with Crippen molar-refractivity contribution in [3.05, 3.63) is 51.3 Å². The second-order valence-electron chi connectivity index (χ2n) is 4.61. The van der Waals surface area contributed by atoms with Gasteiger partial charge in [-0.15, -0.1) is 11.3 Å². The number of ketones is 1. The van der Waals surface area contributed by atoms with Gasteiger partial charge in [0.15, 0.2) is 5.78 Å². The van der Waals surface area contributed by atoms with Crippen LogP contribution in [0.5, 0.6) is 5.75 Å². The third kappa shape index (κ3) is 2.84. The lowest BCUT2D eigenvalue weighted by atomic mass is 10.0. The van der Waals surface area contributed by atoms with Crippen LogP contribution in [0.3, 0.4) is 0 Å². The minimum atomic E-state index is -0.546. The van der Waals surface area contributed by atoms with Crippen molar-refractivity contribution in [1.29, 1.82) is 5.41 Å². The third-order valence-electron chi connectivity index (χ3n) is 3.19. The minimum Gasteiger partial charge on any atom is -0.493 e. The normalized spacial score (nSPS) is 19.9. The Balaban J connectivity index is 1.93. The molecule has 1 unspecified atom stereocenters. The molecule has 0 aliphatic carbocycles. The highest BCUT2D eigenvalue weighted by atomic mass is 32.2. The van der Waals surface area contributed by atoms with Gasteiger partial charge in [0.1, 0.15) is 16.7 Å². The highest BCUT2D eigenvalue weighted by Gasteiger charge is 2.38. The van der Waals surface area contributed by atoms with Crippen molar-refractivity contribution in [2.45, 2.75) is 12.8 Å². The summed E-state index contributed by atoms with van der Waals surface area (Å²) in [7, 11) is 0. The maximum Gasteiger partial charge on any atom is 0.186 e. The molecule has 1 atom stereocenters. The lowest BCUT2D eigenvalue weighted by molar-refractivity contribution is -0.114. The van der Waals surface area contributed by atoms with E-state index in [1.54, 1.807) is 12.3 Å². The van der Waals surface area contributed by atoms with E-state index in [9.17, 15) is 4.79 Å². The van der Waals surface area contributed by atoms with Gasteiger partial charge in [0.25, 0.3) is 0 Å². The second-order valence-corrected chi connectivity index (χ2v) is 6.62. The molecule has 3 rings (SSSR count).